The fourth-order valence-corrected chi connectivity index (χ4v) is 1.83. The van der Waals surface area contributed by atoms with E-state index < -0.39 is 0 Å². The molecule has 7 heteroatoms. The average Bonchev–Trinajstić information content (AvgIpc) is 2.95. The standard InChI is InChI=1S/C14H17ClN4O2/c1-16-8-6-12(20)17-9-7-13-18-14(19-21-13)10-2-4-11(15)5-3-10/h2-5,16H,6-9H2,1H3,(H,17,20). The molecular weight excluding hydrogens is 292 g/mol. The largest absolute Gasteiger partial charge is 0.356 e. The van der Waals surface area contributed by atoms with Crippen molar-refractivity contribution < 1.29 is 9.32 Å². The third-order valence-corrected chi connectivity index (χ3v) is 3.09. The van der Waals surface area contributed by atoms with Crippen LogP contribution in [0.4, 0.5) is 0 Å². The summed E-state index contributed by atoms with van der Waals surface area (Å²) in [5.74, 6) is 1.01. The molecule has 0 aliphatic rings. The summed E-state index contributed by atoms with van der Waals surface area (Å²) in [5.41, 5.74) is 0.840. The van der Waals surface area contributed by atoms with Crippen molar-refractivity contribution in [3.8, 4) is 11.4 Å². The van der Waals surface area contributed by atoms with Gasteiger partial charge in [0.15, 0.2) is 0 Å². The Bertz CT molecular complexity index is 583. The molecule has 0 radical (unpaired) electrons. The van der Waals surface area contributed by atoms with Gasteiger partial charge in [-0.25, -0.2) is 0 Å². The van der Waals surface area contributed by atoms with Gasteiger partial charge >= 0.3 is 0 Å². The van der Waals surface area contributed by atoms with E-state index in [2.05, 4.69) is 20.8 Å². The summed E-state index contributed by atoms with van der Waals surface area (Å²) in [6.45, 7) is 1.14. The van der Waals surface area contributed by atoms with E-state index >= 15 is 0 Å². The van der Waals surface area contributed by atoms with Crippen molar-refractivity contribution in [3.63, 3.8) is 0 Å². The Morgan fingerprint density at radius 3 is 2.76 bits per heavy atom. The molecule has 2 rings (SSSR count). The molecule has 0 aliphatic heterocycles. The molecule has 0 aliphatic carbocycles. The van der Waals surface area contributed by atoms with Gasteiger partial charge in [0.1, 0.15) is 0 Å². The minimum Gasteiger partial charge on any atom is -0.356 e. The molecule has 1 aromatic heterocycles. The number of rotatable bonds is 7. The number of hydrogen-bond donors (Lipinski definition) is 2. The molecule has 1 heterocycles. The van der Waals surface area contributed by atoms with Crippen LogP contribution in [-0.2, 0) is 11.2 Å². The second-order valence-corrected chi connectivity index (χ2v) is 4.91. The second-order valence-electron chi connectivity index (χ2n) is 4.47. The van der Waals surface area contributed by atoms with Crippen LogP contribution in [0.5, 0.6) is 0 Å². The van der Waals surface area contributed by atoms with Gasteiger partial charge in [0.25, 0.3) is 0 Å². The van der Waals surface area contributed by atoms with Gasteiger partial charge in [0.2, 0.25) is 17.6 Å². The number of carbonyl (C=O) groups excluding carboxylic acids is 1. The highest BCUT2D eigenvalue weighted by molar-refractivity contribution is 6.30. The molecule has 0 unspecified atom stereocenters. The van der Waals surface area contributed by atoms with E-state index in [9.17, 15) is 4.79 Å². The third-order valence-electron chi connectivity index (χ3n) is 2.83. The third kappa shape index (κ3) is 4.84. The first-order valence-electron chi connectivity index (χ1n) is 6.69. The van der Waals surface area contributed by atoms with Crippen LogP contribution in [0.1, 0.15) is 12.3 Å². The molecule has 0 atom stereocenters. The summed E-state index contributed by atoms with van der Waals surface area (Å²) >= 11 is 5.83. The van der Waals surface area contributed by atoms with E-state index in [4.69, 9.17) is 16.1 Å². The van der Waals surface area contributed by atoms with Crippen LogP contribution in [-0.4, -0.2) is 36.2 Å². The molecule has 2 N–H and O–H groups in total. The second kappa shape index (κ2) is 7.75. The molecule has 0 saturated heterocycles. The Balaban J connectivity index is 1.83. The van der Waals surface area contributed by atoms with Crippen molar-refractivity contribution in [2.24, 2.45) is 0 Å². The van der Waals surface area contributed by atoms with Gasteiger partial charge in [-0.1, -0.05) is 16.8 Å². The lowest BCUT2D eigenvalue weighted by Crippen LogP contribution is -2.28. The van der Waals surface area contributed by atoms with E-state index in [-0.39, 0.29) is 5.91 Å². The van der Waals surface area contributed by atoms with Crippen LogP contribution in [0.25, 0.3) is 11.4 Å². The number of aromatic nitrogens is 2. The molecule has 1 aromatic carbocycles. The Morgan fingerprint density at radius 2 is 2.05 bits per heavy atom. The number of halogens is 1. The fraction of sp³-hybridized carbons (Fsp3) is 0.357. The first-order valence-corrected chi connectivity index (χ1v) is 7.06. The summed E-state index contributed by atoms with van der Waals surface area (Å²) < 4.78 is 5.15. The van der Waals surface area contributed by atoms with E-state index in [1.54, 1.807) is 12.1 Å². The van der Waals surface area contributed by atoms with E-state index in [1.807, 2.05) is 19.2 Å². The van der Waals surface area contributed by atoms with Crippen LogP contribution < -0.4 is 10.6 Å². The highest BCUT2D eigenvalue weighted by Crippen LogP contribution is 2.18. The molecule has 0 saturated carbocycles. The number of hydrogen-bond acceptors (Lipinski definition) is 5. The monoisotopic (exact) mass is 308 g/mol. The molecule has 1 amide bonds. The van der Waals surface area contributed by atoms with Crippen LogP contribution in [0.2, 0.25) is 5.02 Å². The van der Waals surface area contributed by atoms with Crippen molar-refractivity contribution in [3.05, 3.63) is 35.2 Å². The number of nitrogens with zero attached hydrogens (tertiary/aromatic N) is 2. The normalized spacial score (nSPS) is 10.6. The zero-order valence-electron chi connectivity index (χ0n) is 11.7. The molecule has 6 nitrogen and oxygen atoms in total. The molecule has 21 heavy (non-hydrogen) atoms. The smallest absolute Gasteiger partial charge is 0.228 e. The van der Waals surface area contributed by atoms with Gasteiger partial charge in [0.05, 0.1) is 0 Å². The average molecular weight is 309 g/mol. The first kappa shape index (κ1) is 15.5. The van der Waals surface area contributed by atoms with Gasteiger partial charge in [-0.3, -0.25) is 4.79 Å². The minimum absolute atomic E-state index is 0.00166. The van der Waals surface area contributed by atoms with Gasteiger partial charge in [0, 0.05) is 36.5 Å². The van der Waals surface area contributed by atoms with Crippen molar-refractivity contribution >= 4 is 17.5 Å². The van der Waals surface area contributed by atoms with Gasteiger partial charge in [-0.05, 0) is 31.3 Å². The van der Waals surface area contributed by atoms with Crippen molar-refractivity contribution in [2.75, 3.05) is 20.1 Å². The maximum atomic E-state index is 11.4. The predicted molar refractivity (Wildman–Crippen MR) is 80.0 cm³/mol. The lowest BCUT2D eigenvalue weighted by molar-refractivity contribution is -0.120. The maximum Gasteiger partial charge on any atom is 0.228 e. The predicted octanol–water partition coefficient (Wildman–Crippen LogP) is 1.66. The van der Waals surface area contributed by atoms with Crippen molar-refractivity contribution in [1.82, 2.24) is 20.8 Å². The zero-order valence-corrected chi connectivity index (χ0v) is 12.5. The lowest BCUT2D eigenvalue weighted by atomic mass is 10.2. The molecule has 0 spiro atoms. The van der Waals surface area contributed by atoms with E-state index in [0.717, 1.165) is 5.56 Å². The minimum atomic E-state index is 0.00166. The topological polar surface area (TPSA) is 80.0 Å². The Kier molecular flexibility index (Phi) is 5.71. The molecule has 2 aromatic rings. The number of carbonyl (C=O) groups is 1. The van der Waals surface area contributed by atoms with Crippen LogP contribution in [0.15, 0.2) is 28.8 Å². The summed E-state index contributed by atoms with van der Waals surface area (Å²) in [4.78, 5) is 15.7. The van der Waals surface area contributed by atoms with Crippen molar-refractivity contribution in [2.45, 2.75) is 12.8 Å². The molecule has 0 bridgehead atoms. The van der Waals surface area contributed by atoms with Crippen molar-refractivity contribution in [1.29, 1.82) is 0 Å². The lowest BCUT2D eigenvalue weighted by Gasteiger charge is -2.02. The van der Waals surface area contributed by atoms with Crippen LogP contribution in [0.3, 0.4) is 0 Å². The Labute approximate surface area is 127 Å². The highest BCUT2D eigenvalue weighted by atomic mass is 35.5. The SMILES string of the molecule is CNCCC(=O)NCCc1nc(-c2ccc(Cl)cc2)no1. The Morgan fingerprint density at radius 1 is 1.29 bits per heavy atom. The highest BCUT2D eigenvalue weighted by Gasteiger charge is 2.09. The number of amides is 1. The molecule has 0 fully saturated rings. The van der Waals surface area contributed by atoms with Gasteiger partial charge < -0.3 is 15.2 Å². The fourth-order valence-electron chi connectivity index (χ4n) is 1.71. The zero-order chi connectivity index (χ0) is 15.1. The van der Waals surface area contributed by atoms with Crippen LogP contribution in [0, 0.1) is 0 Å². The van der Waals surface area contributed by atoms with E-state index in [0.29, 0.717) is 42.7 Å². The Hall–Kier alpha value is -1.92. The maximum absolute atomic E-state index is 11.4. The summed E-state index contributed by atoms with van der Waals surface area (Å²) in [6.07, 6.45) is 0.961. The van der Waals surface area contributed by atoms with Gasteiger partial charge in [-0.15, -0.1) is 0 Å². The summed E-state index contributed by atoms with van der Waals surface area (Å²) in [5, 5.41) is 10.3. The van der Waals surface area contributed by atoms with Crippen LogP contribution >= 0.6 is 11.6 Å². The number of benzene rings is 1. The molecule has 112 valence electrons. The van der Waals surface area contributed by atoms with E-state index in [1.165, 1.54) is 0 Å². The summed E-state index contributed by atoms with van der Waals surface area (Å²) in [7, 11) is 1.81. The number of nitrogens with one attached hydrogen (secondary N) is 2. The quantitative estimate of drug-likeness (QED) is 0.813. The summed E-state index contributed by atoms with van der Waals surface area (Å²) in [6, 6.07) is 7.21. The first-order chi connectivity index (χ1) is 10.2. The van der Waals surface area contributed by atoms with Gasteiger partial charge in [-0.2, -0.15) is 4.98 Å². The molecular formula is C14H17ClN4O2.